The van der Waals surface area contributed by atoms with Gasteiger partial charge in [0.25, 0.3) is 0 Å². The lowest BCUT2D eigenvalue weighted by Crippen LogP contribution is -2.45. The second kappa shape index (κ2) is 5.36. The Morgan fingerprint density at radius 3 is 2.43 bits per heavy atom. The highest BCUT2D eigenvalue weighted by Gasteiger charge is 2.50. The summed E-state index contributed by atoms with van der Waals surface area (Å²) in [6.07, 6.45) is 7.71. The van der Waals surface area contributed by atoms with E-state index in [1.54, 1.807) is 0 Å². The molecule has 3 heteroatoms. The molecule has 1 aromatic rings. The van der Waals surface area contributed by atoms with Gasteiger partial charge in [0.2, 0.25) is 0 Å². The Hall–Kier alpha value is -1.51. The van der Waals surface area contributed by atoms with E-state index in [9.17, 15) is 4.79 Å². The van der Waals surface area contributed by atoms with Gasteiger partial charge in [0.1, 0.15) is 0 Å². The summed E-state index contributed by atoms with van der Waals surface area (Å²) in [4.78, 5) is 14.7. The lowest BCUT2D eigenvalue weighted by molar-refractivity contribution is 0.172. The first-order valence-electron chi connectivity index (χ1n) is 8.15. The molecule has 1 aromatic carbocycles. The molecule has 1 aliphatic carbocycles. The first-order valence-corrected chi connectivity index (χ1v) is 8.15. The highest BCUT2D eigenvalue weighted by Crippen LogP contribution is 2.50. The molecule has 1 spiro atoms. The Labute approximate surface area is 127 Å². The molecule has 0 radical (unpaired) electrons. The normalized spacial score (nSPS) is 23.2. The van der Waals surface area contributed by atoms with Crippen molar-refractivity contribution in [1.82, 2.24) is 4.90 Å². The Bertz CT molecular complexity index is 503. The Balaban J connectivity index is 1.73. The quantitative estimate of drug-likeness (QED) is 0.800. The Kier molecular flexibility index (Phi) is 3.68. The van der Waals surface area contributed by atoms with Crippen LogP contribution in [0.15, 0.2) is 30.3 Å². The van der Waals surface area contributed by atoms with E-state index in [4.69, 9.17) is 0 Å². The molecule has 1 saturated carbocycles. The van der Waals surface area contributed by atoms with Crippen LogP contribution in [0, 0.1) is 5.41 Å². The van der Waals surface area contributed by atoms with E-state index >= 15 is 0 Å². The summed E-state index contributed by atoms with van der Waals surface area (Å²) in [6.45, 7) is 5.33. The van der Waals surface area contributed by atoms with E-state index in [1.807, 2.05) is 30.3 Å². The van der Waals surface area contributed by atoms with Crippen LogP contribution in [-0.4, -0.2) is 23.0 Å². The van der Waals surface area contributed by atoms with Crippen molar-refractivity contribution in [3.8, 4) is 0 Å². The third kappa shape index (κ3) is 2.92. The predicted octanol–water partition coefficient (Wildman–Crippen LogP) is 4.65. The zero-order valence-electron chi connectivity index (χ0n) is 13.2. The number of amides is 2. The molecule has 114 valence electrons. The van der Waals surface area contributed by atoms with Gasteiger partial charge in [-0.25, -0.2) is 4.79 Å². The fourth-order valence-corrected chi connectivity index (χ4v) is 4.31. The van der Waals surface area contributed by atoms with Crippen molar-refractivity contribution in [2.75, 3.05) is 11.9 Å². The molecule has 1 N–H and O–H groups in total. The topological polar surface area (TPSA) is 32.3 Å². The van der Waals surface area contributed by atoms with Gasteiger partial charge in [-0.2, -0.15) is 0 Å². The van der Waals surface area contributed by atoms with Gasteiger partial charge in [-0.15, -0.1) is 0 Å². The molecule has 2 aliphatic rings. The third-order valence-electron chi connectivity index (χ3n) is 5.22. The van der Waals surface area contributed by atoms with E-state index in [1.165, 1.54) is 32.1 Å². The molecular formula is C18H26N2O. The molecular weight excluding hydrogens is 260 g/mol. The van der Waals surface area contributed by atoms with E-state index in [0.29, 0.717) is 5.41 Å². The molecule has 1 heterocycles. The maximum atomic E-state index is 12.7. The molecule has 1 aliphatic heterocycles. The SMILES string of the molecule is CC1(C)CC2(CCCCC2)CN1C(=O)Nc1ccccc1. The van der Waals surface area contributed by atoms with Crippen LogP contribution in [0.2, 0.25) is 0 Å². The standard InChI is InChI=1S/C18H26N2O/c1-17(2)13-18(11-7-4-8-12-18)14-20(17)16(21)19-15-9-5-3-6-10-15/h3,5-6,9-10H,4,7-8,11-14H2,1-2H3,(H,19,21). The van der Waals surface area contributed by atoms with Crippen LogP contribution in [0.1, 0.15) is 52.4 Å². The number of nitrogens with zero attached hydrogens (tertiary/aromatic N) is 1. The Morgan fingerprint density at radius 1 is 1.10 bits per heavy atom. The second-order valence-corrected chi connectivity index (χ2v) is 7.43. The first kappa shape index (κ1) is 14.4. The molecule has 2 amide bonds. The van der Waals surface area contributed by atoms with Gasteiger partial charge < -0.3 is 10.2 Å². The molecule has 3 nitrogen and oxygen atoms in total. The average Bonchev–Trinajstić information content (AvgIpc) is 2.71. The van der Waals surface area contributed by atoms with Crippen LogP contribution in [0.5, 0.6) is 0 Å². The molecule has 0 aromatic heterocycles. The number of para-hydroxylation sites is 1. The number of carbonyl (C=O) groups is 1. The fraction of sp³-hybridized carbons (Fsp3) is 0.611. The number of anilines is 1. The van der Waals surface area contributed by atoms with Crippen molar-refractivity contribution in [3.63, 3.8) is 0 Å². The Morgan fingerprint density at radius 2 is 1.76 bits per heavy atom. The number of nitrogens with one attached hydrogen (secondary N) is 1. The van der Waals surface area contributed by atoms with Crippen LogP contribution in [0.25, 0.3) is 0 Å². The van der Waals surface area contributed by atoms with Gasteiger partial charge in [0, 0.05) is 17.8 Å². The molecule has 0 atom stereocenters. The third-order valence-corrected chi connectivity index (χ3v) is 5.22. The van der Waals surface area contributed by atoms with Crippen LogP contribution in [0.4, 0.5) is 10.5 Å². The van der Waals surface area contributed by atoms with E-state index in [2.05, 4.69) is 24.1 Å². The summed E-state index contributed by atoms with van der Waals surface area (Å²) < 4.78 is 0. The van der Waals surface area contributed by atoms with Crippen LogP contribution < -0.4 is 5.32 Å². The number of hydrogen-bond donors (Lipinski definition) is 1. The van der Waals surface area contributed by atoms with Gasteiger partial charge in [0.15, 0.2) is 0 Å². The predicted molar refractivity (Wildman–Crippen MR) is 86.4 cm³/mol. The second-order valence-electron chi connectivity index (χ2n) is 7.43. The summed E-state index contributed by atoms with van der Waals surface area (Å²) in [6, 6.07) is 9.80. The molecule has 0 unspecified atom stereocenters. The van der Waals surface area contributed by atoms with Gasteiger partial charge in [-0.05, 0) is 50.7 Å². The molecule has 2 fully saturated rings. The van der Waals surface area contributed by atoms with Gasteiger partial charge in [-0.3, -0.25) is 0 Å². The molecule has 1 saturated heterocycles. The van der Waals surface area contributed by atoms with Gasteiger partial charge >= 0.3 is 6.03 Å². The number of likely N-dealkylation sites (tertiary alicyclic amines) is 1. The van der Waals surface area contributed by atoms with Gasteiger partial charge in [0.05, 0.1) is 0 Å². The zero-order chi connectivity index (χ0) is 14.9. The minimum absolute atomic E-state index is 0.0454. The van der Waals surface area contributed by atoms with Crippen LogP contribution in [0.3, 0.4) is 0 Å². The zero-order valence-corrected chi connectivity index (χ0v) is 13.2. The summed E-state index contributed by atoms with van der Waals surface area (Å²) in [5.41, 5.74) is 1.20. The smallest absolute Gasteiger partial charge is 0.319 e. The highest BCUT2D eigenvalue weighted by atomic mass is 16.2. The maximum absolute atomic E-state index is 12.7. The minimum Gasteiger partial charge on any atom is -0.319 e. The average molecular weight is 286 g/mol. The fourth-order valence-electron chi connectivity index (χ4n) is 4.31. The van der Waals surface area contributed by atoms with Crippen molar-refractivity contribution < 1.29 is 4.79 Å². The molecule has 21 heavy (non-hydrogen) atoms. The van der Waals surface area contributed by atoms with Crippen molar-refractivity contribution in [2.24, 2.45) is 5.41 Å². The van der Waals surface area contributed by atoms with Crippen molar-refractivity contribution in [3.05, 3.63) is 30.3 Å². The number of hydrogen-bond acceptors (Lipinski definition) is 1. The number of benzene rings is 1. The van der Waals surface area contributed by atoms with Crippen molar-refractivity contribution in [2.45, 2.75) is 57.9 Å². The monoisotopic (exact) mass is 286 g/mol. The van der Waals surface area contributed by atoms with Crippen molar-refractivity contribution in [1.29, 1.82) is 0 Å². The minimum atomic E-state index is -0.0454. The first-order chi connectivity index (χ1) is 10.0. The summed E-state index contributed by atoms with van der Waals surface area (Å²) in [7, 11) is 0. The summed E-state index contributed by atoms with van der Waals surface area (Å²) in [5.74, 6) is 0. The number of carbonyl (C=O) groups excluding carboxylic acids is 1. The number of urea groups is 1. The lowest BCUT2D eigenvalue weighted by atomic mass is 9.71. The van der Waals surface area contributed by atoms with E-state index in [0.717, 1.165) is 18.7 Å². The van der Waals surface area contributed by atoms with Crippen LogP contribution >= 0.6 is 0 Å². The molecule has 3 rings (SSSR count). The lowest BCUT2D eigenvalue weighted by Gasteiger charge is -2.33. The largest absolute Gasteiger partial charge is 0.322 e. The van der Waals surface area contributed by atoms with Gasteiger partial charge in [-0.1, -0.05) is 37.5 Å². The summed E-state index contributed by atoms with van der Waals surface area (Å²) >= 11 is 0. The molecule has 0 bridgehead atoms. The van der Waals surface area contributed by atoms with E-state index in [-0.39, 0.29) is 11.6 Å². The van der Waals surface area contributed by atoms with E-state index < -0.39 is 0 Å². The number of rotatable bonds is 1. The highest BCUT2D eigenvalue weighted by molar-refractivity contribution is 5.90. The van der Waals surface area contributed by atoms with Crippen molar-refractivity contribution >= 4 is 11.7 Å². The summed E-state index contributed by atoms with van der Waals surface area (Å²) in [5, 5.41) is 3.05. The van der Waals surface area contributed by atoms with Crippen LogP contribution in [-0.2, 0) is 0 Å². The maximum Gasteiger partial charge on any atom is 0.322 e.